The molecule has 0 unspecified atom stereocenters. The topological polar surface area (TPSA) is 64.8 Å². The molecule has 0 fully saturated rings. The third-order valence-electron chi connectivity index (χ3n) is 6.05. The van der Waals surface area contributed by atoms with E-state index < -0.39 is 0 Å². The standard InChI is InChI=1S/C26H23N4O2/c1-4-29-25-12-11-20(30(31)32)16-22(25)23-15-19(27-17(2)26(23)29)10-9-18-13-14-28(3)24-8-6-5-7-21(18)24/h5-16H,4H2,1-3H3/q+1. The van der Waals surface area contributed by atoms with Crippen LogP contribution < -0.4 is 4.57 Å². The predicted molar refractivity (Wildman–Crippen MR) is 128 cm³/mol. The molecule has 0 atom stereocenters. The number of nitro groups is 1. The smallest absolute Gasteiger partial charge is 0.270 e. The van der Waals surface area contributed by atoms with Gasteiger partial charge < -0.3 is 4.57 Å². The summed E-state index contributed by atoms with van der Waals surface area (Å²) in [4.78, 5) is 15.8. The van der Waals surface area contributed by atoms with Gasteiger partial charge in [0.1, 0.15) is 7.05 Å². The van der Waals surface area contributed by atoms with Gasteiger partial charge in [0.2, 0.25) is 5.52 Å². The van der Waals surface area contributed by atoms with Gasteiger partial charge in [-0.1, -0.05) is 18.2 Å². The largest absolute Gasteiger partial charge is 0.339 e. The Bertz CT molecular complexity index is 1560. The Morgan fingerprint density at radius 1 is 1.06 bits per heavy atom. The second-order valence-corrected chi connectivity index (χ2v) is 7.96. The van der Waals surface area contributed by atoms with E-state index in [1.165, 1.54) is 5.39 Å². The third kappa shape index (κ3) is 3.12. The van der Waals surface area contributed by atoms with E-state index in [1.54, 1.807) is 12.1 Å². The van der Waals surface area contributed by atoms with E-state index in [1.807, 2.05) is 44.3 Å². The van der Waals surface area contributed by atoms with Crippen molar-refractivity contribution < 1.29 is 9.49 Å². The van der Waals surface area contributed by atoms with Gasteiger partial charge in [0.25, 0.3) is 5.69 Å². The molecule has 0 spiro atoms. The fourth-order valence-corrected chi connectivity index (χ4v) is 4.57. The van der Waals surface area contributed by atoms with E-state index in [0.29, 0.717) is 0 Å². The molecule has 0 saturated heterocycles. The van der Waals surface area contributed by atoms with Crippen molar-refractivity contribution in [2.75, 3.05) is 0 Å². The monoisotopic (exact) mass is 423 g/mol. The maximum absolute atomic E-state index is 11.4. The molecule has 3 aromatic heterocycles. The zero-order chi connectivity index (χ0) is 22.4. The highest BCUT2D eigenvalue weighted by molar-refractivity contribution is 6.10. The Labute approximate surface area is 185 Å². The number of nitro benzene ring substituents is 1. The first-order valence-corrected chi connectivity index (χ1v) is 10.6. The first-order valence-electron chi connectivity index (χ1n) is 10.6. The Morgan fingerprint density at radius 2 is 1.88 bits per heavy atom. The van der Waals surface area contributed by atoms with E-state index in [2.05, 4.69) is 46.5 Å². The number of aryl methyl sites for hydroxylation is 3. The van der Waals surface area contributed by atoms with Crippen molar-refractivity contribution in [3.63, 3.8) is 0 Å². The summed E-state index contributed by atoms with van der Waals surface area (Å²) in [6, 6.07) is 17.5. The number of nitrogens with zero attached hydrogens (tertiary/aromatic N) is 4. The van der Waals surface area contributed by atoms with Gasteiger partial charge in [0.15, 0.2) is 6.20 Å². The van der Waals surface area contributed by atoms with Crippen LogP contribution in [0.3, 0.4) is 0 Å². The number of non-ortho nitro benzene ring substituents is 1. The molecule has 3 heterocycles. The highest BCUT2D eigenvalue weighted by atomic mass is 16.6. The van der Waals surface area contributed by atoms with Gasteiger partial charge in [-0.05, 0) is 43.7 Å². The molecule has 0 amide bonds. The van der Waals surface area contributed by atoms with Gasteiger partial charge in [-0.2, -0.15) is 0 Å². The van der Waals surface area contributed by atoms with Crippen LogP contribution in [0, 0.1) is 17.0 Å². The van der Waals surface area contributed by atoms with E-state index in [9.17, 15) is 10.1 Å². The molecule has 0 N–H and O–H groups in total. The minimum atomic E-state index is -0.343. The molecule has 0 radical (unpaired) electrons. The molecule has 0 aliphatic carbocycles. The number of pyridine rings is 2. The van der Waals surface area contributed by atoms with Gasteiger partial charge in [0.05, 0.1) is 27.2 Å². The number of benzene rings is 2. The van der Waals surface area contributed by atoms with Crippen LogP contribution in [0.25, 0.3) is 44.9 Å². The summed E-state index contributed by atoms with van der Waals surface area (Å²) in [5.74, 6) is 0. The van der Waals surface area contributed by atoms with Gasteiger partial charge in [-0.3, -0.25) is 15.1 Å². The summed E-state index contributed by atoms with van der Waals surface area (Å²) in [6.45, 7) is 4.84. The lowest BCUT2D eigenvalue weighted by atomic mass is 10.1. The molecule has 2 aromatic carbocycles. The first-order chi connectivity index (χ1) is 15.5. The Morgan fingerprint density at radius 3 is 2.66 bits per heavy atom. The predicted octanol–water partition coefficient (Wildman–Crippen LogP) is 5.57. The molecular formula is C26H23N4O2+. The summed E-state index contributed by atoms with van der Waals surface area (Å²) < 4.78 is 4.28. The van der Waals surface area contributed by atoms with Gasteiger partial charge >= 0.3 is 0 Å². The molecule has 5 aromatic rings. The van der Waals surface area contributed by atoms with Gasteiger partial charge in [-0.25, -0.2) is 4.57 Å². The van der Waals surface area contributed by atoms with Crippen molar-refractivity contribution >= 4 is 50.5 Å². The molecule has 32 heavy (non-hydrogen) atoms. The molecule has 5 rings (SSSR count). The van der Waals surface area contributed by atoms with Crippen molar-refractivity contribution in [1.29, 1.82) is 0 Å². The molecule has 0 bridgehead atoms. The molecule has 158 valence electrons. The third-order valence-corrected chi connectivity index (χ3v) is 6.05. The maximum Gasteiger partial charge on any atom is 0.270 e. The number of rotatable bonds is 4. The second kappa shape index (κ2) is 7.57. The van der Waals surface area contributed by atoms with Gasteiger partial charge in [0, 0.05) is 47.1 Å². The van der Waals surface area contributed by atoms with Crippen molar-refractivity contribution in [1.82, 2.24) is 9.55 Å². The van der Waals surface area contributed by atoms with E-state index in [4.69, 9.17) is 4.98 Å². The van der Waals surface area contributed by atoms with Crippen molar-refractivity contribution in [3.8, 4) is 0 Å². The summed E-state index contributed by atoms with van der Waals surface area (Å²) in [6.07, 6.45) is 6.15. The average Bonchev–Trinajstić information content (AvgIpc) is 3.12. The number of para-hydroxylation sites is 1. The Balaban J connectivity index is 1.69. The summed E-state index contributed by atoms with van der Waals surface area (Å²) in [7, 11) is 2.04. The molecular weight excluding hydrogens is 400 g/mol. The van der Waals surface area contributed by atoms with Crippen LogP contribution in [-0.4, -0.2) is 14.5 Å². The zero-order valence-corrected chi connectivity index (χ0v) is 18.2. The Kier molecular flexibility index (Phi) is 4.70. The number of aromatic nitrogens is 3. The number of fused-ring (bicyclic) bond motifs is 4. The van der Waals surface area contributed by atoms with E-state index >= 15 is 0 Å². The minimum Gasteiger partial charge on any atom is -0.339 e. The van der Waals surface area contributed by atoms with Crippen LogP contribution in [0.15, 0.2) is 60.8 Å². The lowest BCUT2D eigenvalue weighted by Crippen LogP contribution is -2.28. The first kappa shape index (κ1) is 19.9. The zero-order valence-electron chi connectivity index (χ0n) is 18.2. The van der Waals surface area contributed by atoms with Crippen LogP contribution in [0.5, 0.6) is 0 Å². The molecule has 0 aliphatic rings. The lowest BCUT2D eigenvalue weighted by molar-refractivity contribution is -0.644. The minimum absolute atomic E-state index is 0.0998. The molecule has 0 aliphatic heterocycles. The summed E-state index contributed by atoms with van der Waals surface area (Å²) in [5, 5.41) is 14.4. The van der Waals surface area contributed by atoms with Crippen LogP contribution in [0.2, 0.25) is 0 Å². The fourth-order valence-electron chi connectivity index (χ4n) is 4.57. The molecule has 0 saturated carbocycles. The number of hydrogen-bond donors (Lipinski definition) is 0. The van der Waals surface area contributed by atoms with Crippen LogP contribution in [0.1, 0.15) is 23.9 Å². The number of hydrogen-bond acceptors (Lipinski definition) is 3. The quantitative estimate of drug-likeness (QED) is 0.215. The summed E-state index contributed by atoms with van der Waals surface area (Å²) in [5.41, 5.74) is 6.12. The normalized spacial score (nSPS) is 11.8. The Hall–Kier alpha value is -4.06. The van der Waals surface area contributed by atoms with Crippen LogP contribution in [-0.2, 0) is 13.6 Å². The molecule has 6 heteroatoms. The van der Waals surface area contributed by atoms with Crippen LogP contribution in [0.4, 0.5) is 5.69 Å². The van der Waals surface area contributed by atoms with Crippen molar-refractivity contribution in [2.45, 2.75) is 20.4 Å². The van der Waals surface area contributed by atoms with Crippen molar-refractivity contribution in [2.24, 2.45) is 7.05 Å². The highest BCUT2D eigenvalue weighted by Gasteiger charge is 2.17. The SMILES string of the molecule is CCn1c2ccc([N+](=O)[O-])cc2c2cc(/C=C/c3cc[n+](C)c4ccccc34)nc(C)c21. The fraction of sp³-hybridized carbons (Fsp3) is 0.154. The van der Waals surface area contributed by atoms with E-state index in [0.717, 1.165) is 50.8 Å². The average molecular weight is 423 g/mol. The molecule has 6 nitrogen and oxygen atoms in total. The van der Waals surface area contributed by atoms with Crippen LogP contribution >= 0.6 is 0 Å². The van der Waals surface area contributed by atoms with Crippen molar-refractivity contribution in [3.05, 3.63) is 87.9 Å². The highest BCUT2D eigenvalue weighted by Crippen LogP contribution is 2.33. The van der Waals surface area contributed by atoms with E-state index in [-0.39, 0.29) is 10.6 Å². The maximum atomic E-state index is 11.4. The summed E-state index contributed by atoms with van der Waals surface area (Å²) >= 11 is 0. The van der Waals surface area contributed by atoms with Gasteiger partial charge in [-0.15, -0.1) is 0 Å². The lowest BCUT2D eigenvalue weighted by Gasteiger charge is -2.06. The second-order valence-electron chi connectivity index (χ2n) is 7.96.